The molecular weight excluding hydrogens is 254 g/mol. The molecule has 0 bridgehead atoms. The van der Waals surface area contributed by atoms with Gasteiger partial charge >= 0.3 is 0 Å². The number of rotatable bonds is 5. The molecule has 1 fully saturated rings. The number of hydrogen-bond donors (Lipinski definition) is 3. The number of aromatic nitrogens is 1. The van der Waals surface area contributed by atoms with Crippen LogP contribution < -0.4 is 16.6 Å². The van der Waals surface area contributed by atoms with E-state index in [0.29, 0.717) is 12.5 Å². The third kappa shape index (κ3) is 3.10. The summed E-state index contributed by atoms with van der Waals surface area (Å²) < 4.78 is 32.3. The molecule has 0 aromatic carbocycles. The molecule has 4 N–H and O–H groups in total. The molecule has 0 saturated carbocycles. The van der Waals surface area contributed by atoms with Crippen LogP contribution in [0.3, 0.4) is 0 Å². The number of nitrogens with two attached hydrogens (primary N) is 1. The zero-order valence-electron chi connectivity index (χ0n) is 10.7. The zero-order valence-corrected chi connectivity index (χ0v) is 10.7. The van der Waals surface area contributed by atoms with Crippen LogP contribution in [0.15, 0.2) is 6.07 Å². The molecule has 2 rings (SSSR count). The van der Waals surface area contributed by atoms with Crippen molar-refractivity contribution in [3.8, 4) is 0 Å². The second kappa shape index (κ2) is 6.12. The van der Waals surface area contributed by atoms with Crippen LogP contribution in [0.1, 0.15) is 19.8 Å². The number of anilines is 2. The van der Waals surface area contributed by atoms with E-state index in [-0.39, 0.29) is 17.7 Å². The van der Waals surface area contributed by atoms with Gasteiger partial charge in [0.15, 0.2) is 23.3 Å². The van der Waals surface area contributed by atoms with Crippen molar-refractivity contribution in [1.82, 2.24) is 4.98 Å². The fraction of sp³-hybridized carbons (Fsp3) is 0.583. The molecule has 1 aliphatic heterocycles. The van der Waals surface area contributed by atoms with Crippen molar-refractivity contribution in [2.24, 2.45) is 11.8 Å². The van der Waals surface area contributed by atoms with Crippen LogP contribution in [0.25, 0.3) is 0 Å². The number of pyridine rings is 1. The van der Waals surface area contributed by atoms with E-state index in [0.717, 1.165) is 25.5 Å². The lowest BCUT2D eigenvalue weighted by Crippen LogP contribution is -2.24. The standard InChI is InChI=1S/C12H18F2N4O/c1-2-10-7(3-4-19-10)6-16-11-8(13)5-9(14)12(17-11)18-15/h5,7,10H,2-4,6,15H2,1H3,(H2,16,17,18). The Balaban J connectivity index is 2.03. The molecule has 1 saturated heterocycles. The number of nitrogens with one attached hydrogen (secondary N) is 2. The van der Waals surface area contributed by atoms with Gasteiger partial charge in [0.2, 0.25) is 0 Å². The lowest BCUT2D eigenvalue weighted by atomic mass is 10.00. The SMILES string of the molecule is CCC1OCCC1CNc1nc(NN)c(F)cc1F. The van der Waals surface area contributed by atoms with Gasteiger partial charge in [-0.2, -0.15) is 0 Å². The van der Waals surface area contributed by atoms with Crippen molar-refractivity contribution in [2.75, 3.05) is 23.9 Å². The molecule has 0 aliphatic carbocycles. The molecule has 1 aromatic rings. The van der Waals surface area contributed by atoms with Crippen molar-refractivity contribution >= 4 is 11.6 Å². The van der Waals surface area contributed by atoms with Gasteiger partial charge in [0.25, 0.3) is 0 Å². The second-order valence-electron chi connectivity index (χ2n) is 4.54. The summed E-state index contributed by atoms with van der Waals surface area (Å²) in [5.74, 6) is 3.68. The topological polar surface area (TPSA) is 72.2 Å². The van der Waals surface area contributed by atoms with Crippen LogP contribution >= 0.6 is 0 Å². The van der Waals surface area contributed by atoms with E-state index in [4.69, 9.17) is 10.6 Å². The Morgan fingerprint density at radius 1 is 1.42 bits per heavy atom. The van der Waals surface area contributed by atoms with E-state index >= 15 is 0 Å². The molecular formula is C12H18F2N4O. The molecule has 1 aliphatic rings. The first-order chi connectivity index (χ1) is 9.15. The summed E-state index contributed by atoms with van der Waals surface area (Å²) in [5.41, 5.74) is 2.09. The van der Waals surface area contributed by atoms with Gasteiger partial charge in [-0.05, 0) is 12.8 Å². The Labute approximate surface area is 110 Å². The smallest absolute Gasteiger partial charge is 0.178 e. The van der Waals surface area contributed by atoms with E-state index < -0.39 is 11.6 Å². The summed E-state index contributed by atoms with van der Waals surface area (Å²) in [7, 11) is 0. The Bertz CT molecular complexity index is 444. The molecule has 19 heavy (non-hydrogen) atoms. The largest absolute Gasteiger partial charge is 0.378 e. The molecule has 106 valence electrons. The monoisotopic (exact) mass is 272 g/mol. The highest BCUT2D eigenvalue weighted by molar-refractivity contribution is 5.46. The Hall–Kier alpha value is -1.47. The number of nitrogens with zero attached hydrogens (tertiary/aromatic N) is 1. The second-order valence-corrected chi connectivity index (χ2v) is 4.54. The van der Waals surface area contributed by atoms with Crippen LogP contribution in [-0.4, -0.2) is 24.2 Å². The maximum atomic E-state index is 13.6. The number of hydrogen-bond acceptors (Lipinski definition) is 5. The van der Waals surface area contributed by atoms with Crippen molar-refractivity contribution < 1.29 is 13.5 Å². The average molecular weight is 272 g/mol. The quantitative estimate of drug-likeness (QED) is 0.564. The minimum Gasteiger partial charge on any atom is -0.378 e. The Morgan fingerprint density at radius 2 is 2.16 bits per heavy atom. The van der Waals surface area contributed by atoms with Gasteiger partial charge in [0.1, 0.15) is 0 Å². The summed E-state index contributed by atoms with van der Waals surface area (Å²) in [5, 5.41) is 2.89. The highest BCUT2D eigenvalue weighted by atomic mass is 19.1. The van der Waals surface area contributed by atoms with Crippen LogP contribution in [0.5, 0.6) is 0 Å². The highest BCUT2D eigenvalue weighted by Crippen LogP contribution is 2.25. The Kier molecular flexibility index (Phi) is 4.49. The van der Waals surface area contributed by atoms with Gasteiger partial charge in [0.05, 0.1) is 6.10 Å². The number of halogens is 2. The van der Waals surface area contributed by atoms with E-state index in [2.05, 4.69) is 22.7 Å². The fourth-order valence-electron chi connectivity index (χ4n) is 2.30. The van der Waals surface area contributed by atoms with Crippen molar-refractivity contribution in [1.29, 1.82) is 0 Å². The molecule has 5 nitrogen and oxygen atoms in total. The lowest BCUT2D eigenvalue weighted by molar-refractivity contribution is 0.0900. The van der Waals surface area contributed by atoms with Gasteiger partial charge in [-0.1, -0.05) is 6.92 Å². The molecule has 0 amide bonds. The van der Waals surface area contributed by atoms with Crippen LogP contribution in [-0.2, 0) is 4.74 Å². The predicted octanol–water partition coefficient (Wildman–Crippen LogP) is 1.87. The first-order valence-electron chi connectivity index (χ1n) is 6.33. The minimum absolute atomic E-state index is 0.00361. The van der Waals surface area contributed by atoms with Crippen molar-refractivity contribution in [3.05, 3.63) is 17.7 Å². The number of hydrazine groups is 1. The van der Waals surface area contributed by atoms with E-state index in [1.165, 1.54) is 0 Å². The van der Waals surface area contributed by atoms with Gasteiger partial charge < -0.3 is 15.5 Å². The molecule has 1 aromatic heterocycles. The third-order valence-electron chi connectivity index (χ3n) is 3.35. The summed E-state index contributed by atoms with van der Waals surface area (Å²) >= 11 is 0. The first-order valence-corrected chi connectivity index (χ1v) is 6.33. The summed E-state index contributed by atoms with van der Waals surface area (Å²) in [6.07, 6.45) is 2.03. The molecule has 0 spiro atoms. The van der Waals surface area contributed by atoms with E-state index in [9.17, 15) is 8.78 Å². The van der Waals surface area contributed by atoms with Crippen LogP contribution in [0, 0.1) is 17.6 Å². The van der Waals surface area contributed by atoms with E-state index in [1.54, 1.807) is 0 Å². The maximum Gasteiger partial charge on any atom is 0.178 e. The molecule has 2 heterocycles. The normalized spacial score (nSPS) is 22.5. The summed E-state index contributed by atoms with van der Waals surface area (Å²) in [6.45, 7) is 3.31. The number of nitrogen functional groups attached to an aromatic ring is 1. The zero-order chi connectivity index (χ0) is 13.8. The number of ether oxygens (including phenoxy) is 1. The molecule has 2 unspecified atom stereocenters. The lowest BCUT2D eigenvalue weighted by Gasteiger charge is -2.18. The van der Waals surface area contributed by atoms with Crippen molar-refractivity contribution in [3.63, 3.8) is 0 Å². The average Bonchev–Trinajstić information content (AvgIpc) is 2.85. The molecule has 0 radical (unpaired) electrons. The van der Waals surface area contributed by atoms with Crippen LogP contribution in [0.4, 0.5) is 20.4 Å². The summed E-state index contributed by atoms with van der Waals surface area (Å²) in [4.78, 5) is 3.76. The van der Waals surface area contributed by atoms with E-state index in [1.807, 2.05) is 0 Å². The Morgan fingerprint density at radius 3 is 2.84 bits per heavy atom. The first kappa shape index (κ1) is 14.0. The summed E-state index contributed by atoms with van der Waals surface area (Å²) in [6, 6.07) is 0.757. The minimum atomic E-state index is -0.818. The van der Waals surface area contributed by atoms with Gasteiger partial charge in [-0.25, -0.2) is 19.6 Å². The van der Waals surface area contributed by atoms with Crippen LogP contribution in [0.2, 0.25) is 0 Å². The maximum absolute atomic E-state index is 13.6. The van der Waals surface area contributed by atoms with Gasteiger partial charge in [-0.3, -0.25) is 0 Å². The predicted molar refractivity (Wildman–Crippen MR) is 68.6 cm³/mol. The highest BCUT2D eigenvalue weighted by Gasteiger charge is 2.26. The molecule has 2 atom stereocenters. The van der Waals surface area contributed by atoms with Gasteiger partial charge in [-0.15, -0.1) is 0 Å². The third-order valence-corrected chi connectivity index (χ3v) is 3.35. The molecule has 7 heteroatoms. The van der Waals surface area contributed by atoms with Gasteiger partial charge in [0, 0.05) is 25.1 Å². The van der Waals surface area contributed by atoms with Crippen molar-refractivity contribution in [2.45, 2.75) is 25.9 Å². The fourth-order valence-corrected chi connectivity index (χ4v) is 2.30.